The number of hydrogen-bond acceptors (Lipinski definition) is 6. The molecule has 0 spiro atoms. The van der Waals surface area contributed by atoms with E-state index in [2.05, 4.69) is 67.6 Å². The number of unbranched alkanes of at least 4 members (excludes halogenated alkanes) is 2. The molecule has 0 saturated heterocycles. The highest BCUT2D eigenvalue weighted by Crippen LogP contribution is 2.40. The van der Waals surface area contributed by atoms with Crippen molar-refractivity contribution in [3.05, 3.63) is 42.0 Å². The normalized spacial score (nSPS) is 15.4. The molecule has 1 aliphatic carbocycles. The van der Waals surface area contributed by atoms with Crippen molar-refractivity contribution in [1.29, 1.82) is 0 Å². The molecule has 2 aromatic heterocycles. The zero-order valence-electron chi connectivity index (χ0n) is 30.4. The van der Waals surface area contributed by atoms with Crippen LogP contribution in [-0.4, -0.2) is 61.9 Å². The third-order valence-electron chi connectivity index (χ3n) is 8.80. The van der Waals surface area contributed by atoms with Crippen molar-refractivity contribution in [3.8, 4) is 17.0 Å². The summed E-state index contributed by atoms with van der Waals surface area (Å²) in [7, 11) is -0.813. The van der Waals surface area contributed by atoms with E-state index < -0.39 is 23.8 Å². The molecule has 0 aliphatic heterocycles. The lowest BCUT2D eigenvalue weighted by Crippen LogP contribution is -2.42. The van der Waals surface area contributed by atoms with Crippen LogP contribution in [0.4, 0.5) is 0 Å². The average molecular weight is 683 g/mol. The lowest BCUT2D eigenvalue weighted by molar-refractivity contribution is -0.118. The summed E-state index contributed by atoms with van der Waals surface area (Å²) < 4.78 is 30.5. The number of pyridine rings is 1. The number of fused-ring (bicyclic) bond motifs is 1. The number of Topliss-reactive ketones (excluding diaryl/α,β-unsaturated/α-hetero) is 1. The molecular weight excluding hydrogens is 625 g/mol. The van der Waals surface area contributed by atoms with Gasteiger partial charge in [-0.05, 0) is 77.5 Å². The Hall–Kier alpha value is -2.40. The maximum Gasteiger partial charge on any atom is 0.132 e. The smallest absolute Gasteiger partial charge is 0.132 e. The van der Waals surface area contributed by atoms with Crippen molar-refractivity contribution in [3.63, 3.8) is 0 Å². The van der Waals surface area contributed by atoms with Gasteiger partial charge in [-0.25, -0.2) is 13.5 Å². The molecule has 8 nitrogen and oxygen atoms in total. The van der Waals surface area contributed by atoms with Crippen molar-refractivity contribution in [2.24, 2.45) is 5.92 Å². The van der Waals surface area contributed by atoms with Crippen LogP contribution in [0.25, 0.3) is 22.2 Å². The summed E-state index contributed by atoms with van der Waals surface area (Å²) in [5.74, 6) is 2.46. The average Bonchev–Trinajstić information content (AvgIpc) is 3.74. The third kappa shape index (κ3) is 10.8. The number of nitrogens with zero attached hydrogens (tertiary/aromatic N) is 4. The second kappa shape index (κ2) is 16.3. The topological polar surface area (TPSA) is 86.5 Å². The van der Waals surface area contributed by atoms with Crippen molar-refractivity contribution >= 4 is 35.7 Å². The van der Waals surface area contributed by atoms with E-state index in [1.165, 1.54) is 12.8 Å². The number of hydrogen-bond donors (Lipinski definition) is 0. The van der Waals surface area contributed by atoms with Crippen molar-refractivity contribution in [2.75, 3.05) is 20.3 Å². The van der Waals surface area contributed by atoms with Gasteiger partial charge in [0.05, 0.1) is 29.1 Å². The van der Waals surface area contributed by atoms with E-state index >= 15 is 0 Å². The van der Waals surface area contributed by atoms with E-state index in [9.17, 15) is 9.00 Å². The Morgan fingerprint density at radius 2 is 1.87 bits per heavy atom. The molecular formula is C37H58N4O4SSi. The van der Waals surface area contributed by atoms with Crippen molar-refractivity contribution < 1.29 is 18.5 Å². The van der Waals surface area contributed by atoms with Crippen LogP contribution in [0.15, 0.2) is 30.5 Å². The van der Waals surface area contributed by atoms with Gasteiger partial charge in [-0.15, -0.1) is 0 Å². The number of aryl methyl sites for hydroxylation is 1. The monoisotopic (exact) mass is 682 g/mol. The standard InChI is InChI=1S/C37H58N4O4SSi/c1-10-30(42)14-12-11-13-15-34(41(24-28-17-18-28)46(43)37(3,4)5)36-39-33(25-40(36)26-45-20-21-47(7,8)9)31-22-29-19-16-27(2)38-32(29)23-35(31)44-6/h16,19,22-23,25,28,34H,10-15,17-18,20-21,24,26H2,1-9H3/t34-,46+/m0/s1. The Kier molecular flexibility index (Phi) is 13.0. The Morgan fingerprint density at radius 3 is 2.51 bits per heavy atom. The van der Waals surface area contributed by atoms with Gasteiger partial charge in [-0.1, -0.05) is 45.5 Å². The molecule has 2 heterocycles. The Bertz CT molecular complexity index is 1520. The van der Waals surface area contributed by atoms with Gasteiger partial charge < -0.3 is 14.0 Å². The summed E-state index contributed by atoms with van der Waals surface area (Å²) in [6.07, 6.45) is 9.20. The largest absolute Gasteiger partial charge is 0.496 e. The number of rotatable bonds is 19. The summed E-state index contributed by atoms with van der Waals surface area (Å²) in [6.45, 7) is 19.0. The first kappa shape index (κ1) is 37.4. The summed E-state index contributed by atoms with van der Waals surface area (Å²) >= 11 is 0. The molecule has 1 aliphatic rings. The second-order valence-electron chi connectivity index (χ2n) is 15.4. The molecule has 0 unspecified atom stereocenters. The third-order valence-corrected chi connectivity index (χ3v) is 12.4. The lowest BCUT2D eigenvalue weighted by atomic mass is 10.0. The molecule has 260 valence electrons. The zero-order valence-corrected chi connectivity index (χ0v) is 32.2. The maximum atomic E-state index is 14.3. The highest BCUT2D eigenvalue weighted by molar-refractivity contribution is 7.84. The molecule has 1 saturated carbocycles. The predicted octanol–water partition coefficient (Wildman–Crippen LogP) is 8.87. The van der Waals surface area contributed by atoms with Gasteiger partial charge in [-0.3, -0.25) is 9.78 Å². The van der Waals surface area contributed by atoms with Crippen LogP contribution >= 0.6 is 0 Å². The number of carbonyl (C=O) groups excluding carboxylic acids is 1. The fourth-order valence-electron chi connectivity index (χ4n) is 5.73. The summed E-state index contributed by atoms with van der Waals surface area (Å²) in [5.41, 5.74) is 3.55. The van der Waals surface area contributed by atoms with E-state index in [0.717, 1.165) is 77.7 Å². The number of aromatic nitrogens is 3. The molecule has 47 heavy (non-hydrogen) atoms. The number of imidazole rings is 1. The van der Waals surface area contributed by atoms with E-state index in [1.54, 1.807) is 7.11 Å². The molecule has 1 aromatic carbocycles. The van der Waals surface area contributed by atoms with Crippen LogP contribution in [0.2, 0.25) is 25.7 Å². The first-order chi connectivity index (χ1) is 22.2. The molecule has 10 heteroatoms. The first-order valence-corrected chi connectivity index (χ1v) is 22.3. The molecule has 2 atom stereocenters. The van der Waals surface area contributed by atoms with Gasteiger partial charge in [-0.2, -0.15) is 0 Å². The number of ether oxygens (including phenoxy) is 2. The summed E-state index contributed by atoms with van der Waals surface area (Å²) in [4.78, 5) is 22.1. The fourth-order valence-corrected chi connectivity index (χ4v) is 7.96. The van der Waals surface area contributed by atoms with Gasteiger partial charge >= 0.3 is 0 Å². The van der Waals surface area contributed by atoms with Crippen molar-refractivity contribution in [2.45, 2.75) is 129 Å². The molecule has 3 aromatic rings. The van der Waals surface area contributed by atoms with E-state index in [4.69, 9.17) is 19.4 Å². The van der Waals surface area contributed by atoms with Crippen LogP contribution in [0.3, 0.4) is 0 Å². The van der Waals surface area contributed by atoms with Crippen LogP contribution in [0.1, 0.15) is 96.6 Å². The van der Waals surface area contributed by atoms with Crippen LogP contribution in [0.5, 0.6) is 5.75 Å². The molecule has 0 bridgehead atoms. The van der Waals surface area contributed by atoms with Gasteiger partial charge in [0.25, 0.3) is 0 Å². The molecule has 0 radical (unpaired) electrons. The maximum absolute atomic E-state index is 14.3. The zero-order chi connectivity index (χ0) is 34.4. The fraction of sp³-hybridized carbons (Fsp3) is 0.649. The minimum absolute atomic E-state index is 0.164. The van der Waals surface area contributed by atoms with Crippen molar-refractivity contribution in [1.82, 2.24) is 18.8 Å². The molecule has 0 amide bonds. The lowest BCUT2D eigenvalue weighted by Gasteiger charge is -2.35. The van der Waals surface area contributed by atoms with E-state index in [0.29, 0.717) is 37.9 Å². The number of methoxy groups -OCH3 is 1. The first-order valence-electron chi connectivity index (χ1n) is 17.5. The quantitative estimate of drug-likeness (QED) is 0.0928. The Balaban J connectivity index is 1.78. The second-order valence-corrected chi connectivity index (χ2v) is 23.2. The SMILES string of the molecule is CCC(=O)CCCCC[C@@H](c1nc(-c2cc3ccc(C)nc3cc2OC)cn1COCC[Si](C)(C)C)N(CC1CC1)[S@](=O)C(C)(C)C. The molecule has 1 fully saturated rings. The van der Waals surface area contributed by atoms with Crippen LogP contribution in [0, 0.1) is 12.8 Å². The number of carbonyl (C=O) groups is 1. The highest BCUT2D eigenvalue weighted by atomic mass is 32.2. The van der Waals surface area contributed by atoms with Gasteiger partial charge in [0, 0.05) is 63.0 Å². The van der Waals surface area contributed by atoms with E-state index in [-0.39, 0.29) is 6.04 Å². The number of ketones is 1. The Labute approximate surface area is 286 Å². The molecule has 4 rings (SSSR count). The minimum atomic E-state index is -1.27. The Morgan fingerprint density at radius 1 is 1.13 bits per heavy atom. The minimum Gasteiger partial charge on any atom is -0.496 e. The van der Waals surface area contributed by atoms with Crippen LogP contribution in [-0.2, 0) is 27.2 Å². The van der Waals surface area contributed by atoms with Crippen LogP contribution < -0.4 is 4.74 Å². The summed E-state index contributed by atoms with van der Waals surface area (Å²) in [6, 6.07) is 9.13. The molecule has 0 N–H and O–H groups in total. The van der Waals surface area contributed by atoms with Gasteiger partial charge in [0.15, 0.2) is 0 Å². The van der Waals surface area contributed by atoms with Gasteiger partial charge in [0.1, 0.15) is 35.1 Å². The van der Waals surface area contributed by atoms with Gasteiger partial charge in [0.2, 0.25) is 0 Å². The predicted molar refractivity (Wildman–Crippen MR) is 197 cm³/mol. The summed E-state index contributed by atoms with van der Waals surface area (Å²) in [5, 5.41) is 1.02. The van der Waals surface area contributed by atoms with E-state index in [1.807, 2.05) is 26.0 Å². The highest BCUT2D eigenvalue weighted by Gasteiger charge is 2.38. The number of benzene rings is 1.